The van der Waals surface area contributed by atoms with Gasteiger partial charge in [0.05, 0.1) is 5.52 Å². The molecular formula is C21H18N2. The Morgan fingerprint density at radius 2 is 1.78 bits per heavy atom. The van der Waals surface area contributed by atoms with Gasteiger partial charge in [-0.1, -0.05) is 42.5 Å². The van der Waals surface area contributed by atoms with Gasteiger partial charge in [0.2, 0.25) is 0 Å². The van der Waals surface area contributed by atoms with Crippen molar-refractivity contribution in [2.45, 2.75) is 6.92 Å². The zero-order valence-electron chi connectivity index (χ0n) is 13.1. The molecule has 1 aliphatic heterocycles. The molecule has 2 heteroatoms. The van der Waals surface area contributed by atoms with Crippen LogP contribution in [0.4, 0.5) is 5.69 Å². The van der Waals surface area contributed by atoms with E-state index < -0.39 is 0 Å². The largest absolute Gasteiger partial charge is 0.341 e. The molecule has 0 bridgehead atoms. The summed E-state index contributed by atoms with van der Waals surface area (Å²) in [5.41, 5.74) is 5.98. The summed E-state index contributed by atoms with van der Waals surface area (Å²) < 4.78 is 0. The second-order valence-corrected chi connectivity index (χ2v) is 5.62. The van der Waals surface area contributed by atoms with Crippen molar-refractivity contribution < 1.29 is 0 Å². The number of hydrogen-bond acceptors (Lipinski definition) is 2. The van der Waals surface area contributed by atoms with Crippen molar-refractivity contribution in [1.82, 2.24) is 4.98 Å². The lowest BCUT2D eigenvalue weighted by atomic mass is 10.0. The summed E-state index contributed by atoms with van der Waals surface area (Å²) >= 11 is 0. The van der Waals surface area contributed by atoms with Gasteiger partial charge < -0.3 is 4.90 Å². The first-order valence-electron chi connectivity index (χ1n) is 7.97. The van der Waals surface area contributed by atoms with Crippen LogP contribution in [0.5, 0.6) is 0 Å². The molecule has 1 aromatic heterocycles. The van der Waals surface area contributed by atoms with Gasteiger partial charge in [0.15, 0.2) is 0 Å². The van der Waals surface area contributed by atoms with Crippen LogP contribution in [0.2, 0.25) is 0 Å². The zero-order chi connectivity index (χ0) is 15.6. The molecule has 23 heavy (non-hydrogen) atoms. The molecule has 1 aliphatic rings. The van der Waals surface area contributed by atoms with E-state index in [0.29, 0.717) is 0 Å². The molecule has 0 unspecified atom stereocenters. The van der Waals surface area contributed by atoms with Crippen LogP contribution in [-0.2, 0) is 0 Å². The Morgan fingerprint density at radius 1 is 0.957 bits per heavy atom. The summed E-state index contributed by atoms with van der Waals surface area (Å²) in [6, 6.07) is 18.9. The highest BCUT2D eigenvalue weighted by atomic mass is 15.1. The third-order valence-electron chi connectivity index (χ3n) is 4.28. The quantitative estimate of drug-likeness (QED) is 0.652. The Kier molecular flexibility index (Phi) is 3.43. The second kappa shape index (κ2) is 5.73. The first-order valence-corrected chi connectivity index (χ1v) is 7.97. The molecule has 0 N–H and O–H groups in total. The lowest BCUT2D eigenvalue weighted by molar-refractivity contribution is 0.977. The number of likely N-dealkylation sites (N-methyl/N-ethyl adjacent to an activating group) is 1. The molecule has 112 valence electrons. The van der Waals surface area contributed by atoms with E-state index in [1.54, 1.807) is 0 Å². The predicted octanol–water partition coefficient (Wildman–Crippen LogP) is 5.13. The molecular weight excluding hydrogens is 280 g/mol. The fourth-order valence-electron chi connectivity index (χ4n) is 3.16. The Balaban J connectivity index is 1.85. The van der Waals surface area contributed by atoms with E-state index in [-0.39, 0.29) is 0 Å². The van der Waals surface area contributed by atoms with Crippen molar-refractivity contribution in [3.8, 4) is 0 Å². The number of nitrogens with zero attached hydrogens (tertiary/aromatic N) is 2. The Bertz CT molecular complexity index is 917. The Morgan fingerprint density at radius 3 is 2.70 bits per heavy atom. The number of rotatable bonds is 2. The van der Waals surface area contributed by atoms with Crippen molar-refractivity contribution in [2.75, 3.05) is 11.4 Å². The zero-order valence-corrected chi connectivity index (χ0v) is 13.1. The van der Waals surface area contributed by atoms with Gasteiger partial charge in [0, 0.05) is 29.5 Å². The fraction of sp³-hybridized carbons (Fsp3) is 0.0952. The summed E-state index contributed by atoms with van der Waals surface area (Å²) in [6.45, 7) is 3.13. The van der Waals surface area contributed by atoms with E-state index in [2.05, 4.69) is 83.6 Å². The van der Waals surface area contributed by atoms with Crippen molar-refractivity contribution in [1.29, 1.82) is 0 Å². The van der Waals surface area contributed by atoms with Crippen molar-refractivity contribution in [3.05, 3.63) is 83.7 Å². The molecule has 0 fully saturated rings. The first-order chi connectivity index (χ1) is 11.4. The van der Waals surface area contributed by atoms with Crippen LogP contribution in [0.1, 0.15) is 18.1 Å². The molecule has 3 aromatic rings. The predicted molar refractivity (Wildman–Crippen MR) is 98.2 cm³/mol. The topological polar surface area (TPSA) is 16.1 Å². The minimum atomic E-state index is 0.941. The average Bonchev–Trinajstić information content (AvgIpc) is 2.62. The minimum Gasteiger partial charge on any atom is -0.341 e. The molecule has 2 heterocycles. The molecule has 2 nitrogen and oxygen atoms in total. The lowest BCUT2D eigenvalue weighted by Crippen LogP contribution is -2.23. The molecule has 0 saturated heterocycles. The van der Waals surface area contributed by atoms with E-state index in [1.807, 2.05) is 12.3 Å². The van der Waals surface area contributed by atoms with E-state index in [0.717, 1.165) is 12.1 Å². The molecule has 4 rings (SSSR count). The summed E-state index contributed by atoms with van der Waals surface area (Å²) in [7, 11) is 0. The summed E-state index contributed by atoms with van der Waals surface area (Å²) in [5.74, 6) is 0. The monoisotopic (exact) mass is 298 g/mol. The number of fused-ring (bicyclic) bond motifs is 2. The molecule has 0 spiro atoms. The molecule has 0 radical (unpaired) electrons. The SMILES string of the molecule is CCN1C(=Cc2ccnc3ccccc23)C=Cc2ccccc21. The maximum atomic E-state index is 4.45. The Labute approximate surface area is 136 Å². The molecule has 0 amide bonds. The number of aromatic nitrogens is 1. The number of para-hydroxylation sites is 2. The van der Waals surface area contributed by atoms with Gasteiger partial charge >= 0.3 is 0 Å². The van der Waals surface area contributed by atoms with Crippen molar-refractivity contribution in [2.24, 2.45) is 0 Å². The van der Waals surface area contributed by atoms with Crippen molar-refractivity contribution in [3.63, 3.8) is 0 Å². The highest BCUT2D eigenvalue weighted by Crippen LogP contribution is 2.32. The number of hydrogen-bond donors (Lipinski definition) is 0. The fourth-order valence-corrected chi connectivity index (χ4v) is 3.16. The summed E-state index contributed by atoms with van der Waals surface area (Å²) in [4.78, 5) is 6.80. The first kappa shape index (κ1) is 13.8. The molecule has 0 atom stereocenters. The highest BCUT2D eigenvalue weighted by molar-refractivity contribution is 5.90. The van der Waals surface area contributed by atoms with E-state index in [4.69, 9.17) is 0 Å². The van der Waals surface area contributed by atoms with Crippen LogP contribution in [0.15, 0.2) is 72.6 Å². The number of allylic oxidation sites excluding steroid dienone is 1. The van der Waals surface area contributed by atoms with Crippen LogP contribution in [0, 0.1) is 0 Å². The van der Waals surface area contributed by atoms with Gasteiger partial charge in [-0.25, -0.2) is 0 Å². The highest BCUT2D eigenvalue weighted by Gasteiger charge is 2.15. The molecule has 2 aromatic carbocycles. The van der Waals surface area contributed by atoms with Crippen LogP contribution >= 0.6 is 0 Å². The van der Waals surface area contributed by atoms with E-state index in [9.17, 15) is 0 Å². The van der Waals surface area contributed by atoms with Gasteiger partial charge in [-0.2, -0.15) is 0 Å². The summed E-state index contributed by atoms with van der Waals surface area (Å²) in [5, 5.41) is 1.19. The van der Waals surface area contributed by atoms with Gasteiger partial charge in [-0.3, -0.25) is 4.98 Å². The number of benzene rings is 2. The van der Waals surface area contributed by atoms with Gasteiger partial charge in [0.25, 0.3) is 0 Å². The number of pyridine rings is 1. The minimum absolute atomic E-state index is 0.941. The third-order valence-corrected chi connectivity index (χ3v) is 4.28. The van der Waals surface area contributed by atoms with Crippen LogP contribution in [0.25, 0.3) is 23.1 Å². The normalized spacial score (nSPS) is 15.2. The van der Waals surface area contributed by atoms with Crippen LogP contribution in [0.3, 0.4) is 0 Å². The molecule has 0 saturated carbocycles. The van der Waals surface area contributed by atoms with E-state index >= 15 is 0 Å². The molecule has 0 aliphatic carbocycles. The van der Waals surface area contributed by atoms with Crippen LogP contribution in [-0.4, -0.2) is 11.5 Å². The second-order valence-electron chi connectivity index (χ2n) is 5.62. The van der Waals surface area contributed by atoms with Crippen molar-refractivity contribution >= 4 is 28.7 Å². The average molecular weight is 298 g/mol. The van der Waals surface area contributed by atoms with Gasteiger partial charge in [-0.15, -0.1) is 0 Å². The lowest BCUT2D eigenvalue weighted by Gasteiger charge is -2.29. The van der Waals surface area contributed by atoms with Crippen LogP contribution < -0.4 is 4.90 Å². The summed E-state index contributed by atoms with van der Waals surface area (Å²) in [6.07, 6.45) is 8.52. The smallest absolute Gasteiger partial charge is 0.0707 e. The Hall–Kier alpha value is -2.87. The van der Waals surface area contributed by atoms with E-state index in [1.165, 1.54) is 27.9 Å². The standard InChI is InChI=1S/C21H18N2/c1-2-23-18(12-11-16-7-3-6-10-21(16)23)15-17-13-14-22-20-9-5-4-8-19(17)20/h3-15H,2H2,1H3. The van der Waals surface area contributed by atoms with Gasteiger partial charge in [-0.05, 0) is 48.4 Å². The maximum Gasteiger partial charge on any atom is 0.0707 e. The number of anilines is 1. The third kappa shape index (κ3) is 2.42. The van der Waals surface area contributed by atoms with Gasteiger partial charge in [0.1, 0.15) is 0 Å². The maximum absolute atomic E-state index is 4.45.